The highest BCUT2D eigenvalue weighted by molar-refractivity contribution is 5.94. The van der Waals surface area contributed by atoms with Crippen LogP contribution in [0.4, 0.5) is 0 Å². The molecule has 4 rings (SSSR count). The minimum absolute atomic E-state index is 0.0470. The number of fused-ring (bicyclic) bond motifs is 1. The quantitative estimate of drug-likeness (QED) is 0.893. The van der Waals surface area contributed by atoms with E-state index in [2.05, 4.69) is 20.6 Å². The zero-order valence-corrected chi connectivity index (χ0v) is 13.2. The molecule has 2 aromatic rings. The van der Waals surface area contributed by atoms with Gasteiger partial charge in [0.2, 0.25) is 0 Å². The first kappa shape index (κ1) is 14.4. The smallest absolute Gasteiger partial charge is 0.272 e. The Balaban J connectivity index is 1.52. The van der Waals surface area contributed by atoms with Crippen LogP contribution in [0.2, 0.25) is 0 Å². The van der Waals surface area contributed by atoms with Crippen LogP contribution in [0.15, 0.2) is 12.4 Å². The molecule has 2 atom stereocenters. The average Bonchev–Trinajstić information content (AvgIpc) is 3.23. The van der Waals surface area contributed by atoms with Crippen molar-refractivity contribution in [3.05, 3.63) is 34.9 Å². The second-order valence-corrected chi connectivity index (χ2v) is 6.34. The number of aryl methyl sites for hydroxylation is 2. The number of ether oxygens (including phenoxy) is 1. The molecule has 0 aromatic carbocycles. The third kappa shape index (κ3) is 2.65. The van der Waals surface area contributed by atoms with E-state index < -0.39 is 0 Å². The van der Waals surface area contributed by atoms with E-state index in [1.807, 2.05) is 13.2 Å². The molecule has 7 heteroatoms. The number of aromatic amines is 1. The summed E-state index contributed by atoms with van der Waals surface area (Å²) < 4.78 is 7.66. The van der Waals surface area contributed by atoms with Crippen LogP contribution in [0, 0.1) is 0 Å². The van der Waals surface area contributed by atoms with Crippen LogP contribution in [0.3, 0.4) is 0 Å². The van der Waals surface area contributed by atoms with Crippen molar-refractivity contribution in [1.82, 2.24) is 25.3 Å². The standard InChI is InChI=1S/C16H21N5O2/c1-21-9-10(8-17-21)15-13(6-3-7-23-15)18-16(22)14-11-4-2-5-12(11)19-20-14/h8-9,13,15H,2-7H2,1H3,(H,18,22)(H,19,20)/t13-,15+/m0/s1. The lowest BCUT2D eigenvalue weighted by Gasteiger charge is -2.31. The second kappa shape index (κ2) is 5.81. The van der Waals surface area contributed by atoms with Gasteiger partial charge in [-0.15, -0.1) is 0 Å². The van der Waals surface area contributed by atoms with Crippen molar-refractivity contribution < 1.29 is 9.53 Å². The van der Waals surface area contributed by atoms with Crippen LogP contribution in [0.25, 0.3) is 0 Å². The summed E-state index contributed by atoms with van der Waals surface area (Å²) in [6.07, 6.45) is 8.46. The summed E-state index contributed by atoms with van der Waals surface area (Å²) in [4.78, 5) is 12.6. The van der Waals surface area contributed by atoms with Gasteiger partial charge in [-0.05, 0) is 32.1 Å². The normalized spacial score (nSPS) is 23.7. The number of carbonyl (C=O) groups is 1. The Labute approximate surface area is 134 Å². The van der Waals surface area contributed by atoms with Crippen molar-refractivity contribution in [2.45, 2.75) is 44.2 Å². The summed E-state index contributed by atoms with van der Waals surface area (Å²) in [6.45, 7) is 0.712. The third-order valence-electron chi connectivity index (χ3n) is 4.71. The molecule has 1 saturated heterocycles. The molecule has 2 N–H and O–H groups in total. The molecule has 7 nitrogen and oxygen atoms in total. The topological polar surface area (TPSA) is 84.8 Å². The largest absolute Gasteiger partial charge is 0.371 e. The highest BCUT2D eigenvalue weighted by Crippen LogP contribution is 2.29. The number of nitrogens with zero attached hydrogens (tertiary/aromatic N) is 3. The van der Waals surface area contributed by atoms with Gasteiger partial charge in [0.05, 0.1) is 12.2 Å². The Hall–Kier alpha value is -2.15. The highest BCUT2D eigenvalue weighted by Gasteiger charge is 2.32. The van der Waals surface area contributed by atoms with Crippen molar-refractivity contribution in [3.8, 4) is 0 Å². The summed E-state index contributed by atoms with van der Waals surface area (Å²) >= 11 is 0. The van der Waals surface area contributed by atoms with Gasteiger partial charge in [0.1, 0.15) is 6.10 Å². The van der Waals surface area contributed by atoms with Crippen molar-refractivity contribution >= 4 is 5.91 Å². The summed E-state index contributed by atoms with van der Waals surface area (Å²) in [7, 11) is 1.88. The summed E-state index contributed by atoms with van der Waals surface area (Å²) in [6, 6.07) is -0.0470. The fourth-order valence-corrected chi connectivity index (χ4v) is 3.59. The first-order valence-corrected chi connectivity index (χ1v) is 8.19. The van der Waals surface area contributed by atoms with Crippen molar-refractivity contribution in [1.29, 1.82) is 0 Å². The fourth-order valence-electron chi connectivity index (χ4n) is 3.59. The summed E-state index contributed by atoms with van der Waals surface area (Å²) in [5.74, 6) is -0.103. The number of aromatic nitrogens is 4. The first-order valence-electron chi connectivity index (χ1n) is 8.19. The second-order valence-electron chi connectivity index (χ2n) is 6.34. The summed E-state index contributed by atoms with van der Waals surface area (Å²) in [5.41, 5.74) is 3.74. The SMILES string of the molecule is Cn1cc([C@H]2OCCC[C@@H]2NC(=O)c2n[nH]c3c2CCC3)cn1. The monoisotopic (exact) mass is 315 g/mol. The molecule has 23 heavy (non-hydrogen) atoms. The number of hydrogen-bond acceptors (Lipinski definition) is 4. The van der Waals surface area contributed by atoms with Crippen LogP contribution in [-0.4, -0.2) is 38.5 Å². The van der Waals surface area contributed by atoms with E-state index in [0.717, 1.165) is 48.9 Å². The average molecular weight is 315 g/mol. The maximum Gasteiger partial charge on any atom is 0.272 e. The van der Waals surface area contributed by atoms with E-state index in [-0.39, 0.29) is 18.1 Å². The molecule has 0 radical (unpaired) electrons. The lowest BCUT2D eigenvalue weighted by molar-refractivity contribution is -0.00956. The van der Waals surface area contributed by atoms with Crippen LogP contribution in [0.1, 0.15) is 52.7 Å². The number of carbonyl (C=O) groups excluding carboxylic acids is 1. The van der Waals surface area contributed by atoms with Gasteiger partial charge in [0, 0.05) is 36.7 Å². The lowest BCUT2D eigenvalue weighted by atomic mass is 9.98. The van der Waals surface area contributed by atoms with Gasteiger partial charge in [-0.25, -0.2) is 0 Å². The van der Waals surface area contributed by atoms with Gasteiger partial charge in [-0.1, -0.05) is 0 Å². The van der Waals surface area contributed by atoms with Gasteiger partial charge in [-0.2, -0.15) is 10.2 Å². The summed E-state index contributed by atoms with van der Waals surface area (Å²) in [5, 5.41) is 14.5. The molecule has 0 spiro atoms. The van der Waals surface area contributed by atoms with Gasteiger partial charge in [-0.3, -0.25) is 14.6 Å². The zero-order chi connectivity index (χ0) is 15.8. The van der Waals surface area contributed by atoms with E-state index in [1.54, 1.807) is 10.9 Å². The minimum Gasteiger partial charge on any atom is -0.371 e. The number of H-pyrrole nitrogens is 1. The highest BCUT2D eigenvalue weighted by atomic mass is 16.5. The molecule has 2 aromatic heterocycles. The maximum atomic E-state index is 12.6. The molecule has 0 bridgehead atoms. The molecule has 1 aliphatic heterocycles. The van der Waals surface area contributed by atoms with Crippen LogP contribution in [-0.2, 0) is 24.6 Å². The Bertz CT molecular complexity index is 720. The maximum absolute atomic E-state index is 12.6. The molecule has 0 unspecified atom stereocenters. The van der Waals surface area contributed by atoms with Gasteiger partial charge < -0.3 is 10.1 Å². The van der Waals surface area contributed by atoms with Crippen LogP contribution >= 0.6 is 0 Å². The predicted molar refractivity (Wildman–Crippen MR) is 83.0 cm³/mol. The Morgan fingerprint density at radius 3 is 3.17 bits per heavy atom. The molecule has 1 fully saturated rings. The minimum atomic E-state index is -0.145. The van der Waals surface area contributed by atoms with Crippen LogP contribution in [0.5, 0.6) is 0 Å². The van der Waals surface area contributed by atoms with Crippen molar-refractivity contribution in [3.63, 3.8) is 0 Å². The molecule has 122 valence electrons. The molecule has 0 saturated carbocycles. The third-order valence-corrected chi connectivity index (χ3v) is 4.71. The predicted octanol–water partition coefficient (Wildman–Crippen LogP) is 1.28. The van der Waals surface area contributed by atoms with Gasteiger partial charge in [0.15, 0.2) is 5.69 Å². The Morgan fingerprint density at radius 2 is 2.35 bits per heavy atom. The number of hydrogen-bond donors (Lipinski definition) is 2. The van der Waals surface area contributed by atoms with Crippen molar-refractivity contribution in [2.24, 2.45) is 7.05 Å². The van der Waals surface area contributed by atoms with Gasteiger partial charge >= 0.3 is 0 Å². The Kier molecular flexibility index (Phi) is 3.65. The van der Waals surface area contributed by atoms with Crippen LogP contribution < -0.4 is 5.32 Å². The number of rotatable bonds is 3. The van der Waals surface area contributed by atoms with E-state index in [9.17, 15) is 4.79 Å². The zero-order valence-electron chi connectivity index (χ0n) is 13.2. The first-order chi connectivity index (χ1) is 11.2. The lowest BCUT2D eigenvalue weighted by Crippen LogP contribution is -2.43. The number of amides is 1. The van der Waals surface area contributed by atoms with Gasteiger partial charge in [0.25, 0.3) is 5.91 Å². The van der Waals surface area contributed by atoms with E-state index in [1.165, 1.54) is 0 Å². The van der Waals surface area contributed by atoms with E-state index in [4.69, 9.17) is 4.74 Å². The molecule has 3 heterocycles. The molecular weight excluding hydrogens is 294 g/mol. The molecule has 2 aliphatic rings. The van der Waals surface area contributed by atoms with E-state index >= 15 is 0 Å². The Morgan fingerprint density at radius 1 is 1.43 bits per heavy atom. The van der Waals surface area contributed by atoms with Crippen molar-refractivity contribution in [2.75, 3.05) is 6.61 Å². The molecule has 1 aliphatic carbocycles. The molecular formula is C16H21N5O2. The fraction of sp³-hybridized carbons (Fsp3) is 0.562. The molecule has 1 amide bonds. The number of nitrogens with one attached hydrogen (secondary N) is 2. The van der Waals surface area contributed by atoms with E-state index in [0.29, 0.717) is 12.3 Å².